The molecule has 5 nitrogen and oxygen atoms in total. The maximum atomic E-state index is 12.1. The molecule has 2 N–H and O–H groups in total. The lowest BCUT2D eigenvalue weighted by Gasteiger charge is -2.15. The standard InChI is InChI=1S/C12H19N3O2S/c1-9-7-12(5-6-13-9)15-18(16,17)10(2)8-14-11-3-4-11/h5-7,10-11,14H,3-4,8H2,1-2H3,(H,13,15). The van der Waals surface area contributed by atoms with Gasteiger partial charge in [-0.05, 0) is 38.8 Å². The molecule has 0 bridgehead atoms. The molecule has 0 radical (unpaired) electrons. The van der Waals surface area contributed by atoms with E-state index in [1.165, 1.54) is 0 Å². The number of hydrogen-bond donors (Lipinski definition) is 2. The average molecular weight is 269 g/mol. The summed E-state index contributed by atoms with van der Waals surface area (Å²) >= 11 is 0. The third kappa shape index (κ3) is 3.68. The minimum Gasteiger partial charge on any atom is -0.313 e. The van der Waals surface area contributed by atoms with Crippen LogP contribution in [0.1, 0.15) is 25.5 Å². The zero-order valence-electron chi connectivity index (χ0n) is 10.7. The SMILES string of the molecule is Cc1cc(NS(=O)(=O)C(C)CNC2CC2)ccn1. The first kappa shape index (κ1) is 13.3. The summed E-state index contributed by atoms with van der Waals surface area (Å²) in [7, 11) is -3.34. The van der Waals surface area contributed by atoms with Gasteiger partial charge in [0, 0.05) is 24.5 Å². The van der Waals surface area contributed by atoms with Crippen LogP contribution in [-0.2, 0) is 10.0 Å². The highest BCUT2D eigenvalue weighted by molar-refractivity contribution is 7.93. The second-order valence-electron chi connectivity index (χ2n) is 4.83. The third-order valence-corrected chi connectivity index (χ3v) is 4.70. The zero-order chi connectivity index (χ0) is 13.2. The quantitative estimate of drug-likeness (QED) is 0.816. The second kappa shape index (κ2) is 5.24. The normalized spacial score (nSPS) is 17.4. The number of aromatic nitrogens is 1. The summed E-state index contributed by atoms with van der Waals surface area (Å²) in [6.07, 6.45) is 3.91. The van der Waals surface area contributed by atoms with Crippen LogP contribution in [0.3, 0.4) is 0 Å². The summed E-state index contributed by atoms with van der Waals surface area (Å²) in [6.45, 7) is 4.03. The summed E-state index contributed by atoms with van der Waals surface area (Å²) in [5.41, 5.74) is 1.36. The zero-order valence-corrected chi connectivity index (χ0v) is 11.5. The Labute approximate surface area is 108 Å². The number of nitrogens with zero attached hydrogens (tertiary/aromatic N) is 1. The molecule has 6 heteroatoms. The lowest BCUT2D eigenvalue weighted by atomic mass is 10.3. The number of pyridine rings is 1. The van der Waals surface area contributed by atoms with E-state index in [9.17, 15) is 8.42 Å². The highest BCUT2D eigenvalue weighted by Gasteiger charge is 2.25. The number of nitrogens with one attached hydrogen (secondary N) is 2. The molecule has 100 valence electrons. The number of hydrogen-bond acceptors (Lipinski definition) is 4. The van der Waals surface area contributed by atoms with Crippen molar-refractivity contribution in [3.63, 3.8) is 0 Å². The van der Waals surface area contributed by atoms with Crippen molar-refractivity contribution < 1.29 is 8.42 Å². The Kier molecular flexibility index (Phi) is 3.87. The van der Waals surface area contributed by atoms with Gasteiger partial charge in [-0.15, -0.1) is 0 Å². The van der Waals surface area contributed by atoms with Gasteiger partial charge in [0.25, 0.3) is 0 Å². The van der Waals surface area contributed by atoms with Gasteiger partial charge in [-0.2, -0.15) is 0 Å². The molecule has 1 aromatic rings. The van der Waals surface area contributed by atoms with Crippen molar-refractivity contribution in [3.05, 3.63) is 24.0 Å². The Balaban J connectivity index is 1.96. The molecule has 0 spiro atoms. The molecule has 0 aliphatic heterocycles. The van der Waals surface area contributed by atoms with Crippen molar-refractivity contribution in [2.45, 2.75) is 38.0 Å². The molecule has 0 amide bonds. The van der Waals surface area contributed by atoms with Crippen molar-refractivity contribution >= 4 is 15.7 Å². The van der Waals surface area contributed by atoms with Crippen LogP contribution in [0, 0.1) is 6.92 Å². The van der Waals surface area contributed by atoms with E-state index in [2.05, 4.69) is 15.0 Å². The van der Waals surface area contributed by atoms with Crippen molar-refractivity contribution in [1.29, 1.82) is 0 Å². The fourth-order valence-corrected chi connectivity index (χ4v) is 2.58. The molecule has 1 aliphatic carbocycles. The summed E-state index contributed by atoms with van der Waals surface area (Å²) in [4.78, 5) is 4.04. The van der Waals surface area contributed by atoms with Gasteiger partial charge in [-0.1, -0.05) is 0 Å². The molecule has 1 saturated carbocycles. The van der Waals surface area contributed by atoms with E-state index >= 15 is 0 Å². The van der Waals surface area contributed by atoms with Gasteiger partial charge in [0.15, 0.2) is 0 Å². The van der Waals surface area contributed by atoms with Gasteiger partial charge >= 0.3 is 0 Å². The molecule has 18 heavy (non-hydrogen) atoms. The highest BCUT2D eigenvalue weighted by atomic mass is 32.2. The first-order valence-corrected chi connectivity index (χ1v) is 7.69. The summed E-state index contributed by atoms with van der Waals surface area (Å²) in [5.74, 6) is 0. The molecule has 1 aliphatic rings. The summed E-state index contributed by atoms with van der Waals surface area (Å²) in [5, 5.41) is 2.78. The number of rotatable bonds is 6. The molecule has 1 atom stereocenters. The average Bonchev–Trinajstić information content (AvgIpc) is 3.08. The van der Waals surface area contributed by atoms with Gasteiger partial charge in [-0.25, -0.2) is 8.42 Å². The monoisotopic (exact) mass is 269 g/mol. The van der Waals surface area contributed by atoms with Crippen molar-refractivity contribution in [3.8, 4) is 0 Å². The highest BCUT2D eigenvalue weighted by Crippen LogP contribution is 2.19. The maximum Gasteiger partial charge on any atom is 0.236 e. The van der Waals surface area contributed by atoms with Crippen LogP contribution in [0.2, 0.25) is 0 Å². The van der Waals surface area contributed by atoms with Crippen LogP contribution in [0.5, 0.6) is 0 Å². The molecule has 1 fully saturated rings. The Morgan fingerprint density at radius 1 is 1.50 bits per heavy atom. The van der Waals surface area contributed by atoms with Crippen molar-refractivity contribution in [2.75, 3.05) is 11.3 Å². The molecule has 0 saturated heterocycles. The third-order valence-electron chi connectivity index (χ3n) is 2.96. The topological polar surface area (TPSA) is 71.1 Å². The van der Waals surface area contributed by atoms with Gasteiger partial charge < -0.3 is 5.32 Å². The summed E-state index contributed by atoms with van der Waals surface area (Å²) < 4.78 is 26.7. The fraction of sp³-hybridized carbons (Fsp3) is 0.583. The molecule has 1 heterocycles. The minimum absolute atomic E-state index is 0.452. The van der Waals surface area contributed by atoms with E-state index in [4.69, 9.17) is 0 Å². The van der Waals surface area contributed by atoms with E-state index in [1.54, 1.807) is 25.3 Å². The van der Waals surface area contributed by atoms with Crippen LogP contribution in [0.4, 0.5) is 5.69 Å². The van der Waals surface area contributed by atoms with Crippen molar-refractivity contribution in [2.24, 2.45) is 0 Å². The number of sulfonamides is 1. The Hall–Kier alpha value is -1.14. The van der Waals surface area contributed by atoms with Crippen LogP contribution in [0.25, 0.3) is 0 Å². The van der Waals surface area contributed by atoms with E-state index in [1.807, 2.05) is 6.92 Å². The summed E-state index contributed by atoms with van der Waals surface area (Å²) in [6, 6.07) is 3.90. The van der Waals surface area contributed by atoms with E-state index in [0.29, 0.717) is 18.3 Å². The lowest BCUT2D eigenvalue weighted by molar-refractivity contribution is 0.576. The second-order valence-corrected chi connectivity index (χ2v) is 6.92. The molecule has 2 rings (SSSR count). The molecular formula is C12H19N3O2S. The van der Waals surface area contributed by atoms with Crippen LogP contribution in [-0.4, -0.2) is 31.2 Å². The fourth-order valence-electron chi connectivity index (χ4n) is 1.60. The Morgan fingerprint density at radius 3 is 2.83 bits per heavy atom. The molecular weight excluding hydrogens is 250 g/mol. The predicted molar refractivity (Wildman–Crippen MR) is 72.0 cm³/mol. The maximum absolute atomic E-state index is 12.1. The van der Waals surface area contributed by atoms with Gasteiger partial charge in [-0.3, -0.25) is 9.71 Å². The molecule has 0 aromatic carbocycles. The first-order chi connectivity index (χ1) is 8.47. The van der Waals surface area contributed by atoms with Crippen LogP contribution >= 0.6 is 0 Å². The number of aryl methyl sites for hydroxylation is 1. The number of anilines is 1. The van der Waals surface area contributed by atoms with E-state index in [0.717, 1.165) is 18.5 Å². The Bertz CT molecular complexity index is 512. The van der Waals surface area contributed by atoms with Crippen LogP contribution < -0.4 is 10.0 Å². The largest absolute Gasteiger partial charge is 0.313 e. The van der Waals surface area contributed by atoms with Gasteiger partial charge in [0.1, 0.15) is 0 Å². The molecule has 1 aromatic heterocycles. The van der Waals surface area contributed by atoms with E-state index in [-0.39, 0.29) is 0 Å². The van der Waals surface area contributed by atoms with Crippen molar-refractivity contribution in [1.82, 2.24) is 10.3 Å². The van der Waals surface area contributed by atoms with Gasteiger partial charge in [0.05, 0.1) is 10.9 Å². The predicted octanol–water partition coefficient (Wildman–Crippen LogP) is 1.27. The molecule has 1 unspecified atom stereocenters. The lowest BCUT2D eigenvalue weighted by Crippen LogP contribution is -2.35. The van der Waals surface area contributed by atoms with Crippen LogP contribution in [0.15, 0.2) is 18.3 Å². The Morgan fingerprint density at radius 2 is 2.22 bits per heavy atom. The van der Waals surface area contributed by atoms with Gasteiger partial charge in [0.2, 0.25) is 10.0 Å². The minimum atomic E-state index is -3.34. The smallest absolute Gasteiger partial charge is 0.236 e. The van der Waals surface area contributed by atoms with E-state index < -0.39 is 15.3 Å². The first-order valence-electron chi connectivity index (χ1n) is 6.15.